The molecule has 1 aliphatic heterocycles. The Balaban J connectivity index is 1.62. The molecule has 0 unspecified atom stereocenters. The molecule has 212 valence electrons. The highest BCUT2D eigenvalue weighted by Crippen LogP contribution is 2.37. The van der Waals surface area contributed by atoms with E-state index in [2.05, 4.69) is 15.5 Å². The quantitative estimate of drug-likeness (QED) is 0.380. The Bertz CT molecular complexity index is 1450. The lowest BCUT2D eigenvalue weighted by Crippen LogP contribution is -2.61. The lowest BCUT2D eigenvalue weighted by Gasteiger charge is -2.48. The molecule has 3 aromatic rings. The number of benzene rings is 3. The highest BCUT2D eigenvalue weighted by molar-refractivity contribution is 7.92. The summed E-state index contributed by atoms with van der Waals surface area (Å²) < 4.78 is 42.6. The Morgan fingerprint density at radius 1 is 0.975 bits per heavy atom. The number of sulfonamides is 1. The Labute approximate surface area is 243 Å². The van der Waals surface area contributed by atoms with E-state index in [0.29, 0.717) is 23.1 Å². The molecule has 0 bridgehead atoms. The van der Waals surface area contributed by atoms with E-state index in [1.54, 1.807) is 24.3 Å². The minimum absolute atomic E-state index is 0.222. The number of hydrogen-bond acceptors (Lipinski definition) is 5. The molecule has 12 heteroatoms. The van der Waals surface area contributed by atoms with Gasteiger partial charge in [-0.25, -0.2) is 12.8 Å². The molecule has 2 N–H and O–H groups in total. The van der Waals surface area contributed by atoms with Crippen LogP contribution in [0.3, 0.4) is 0 Å². The smallest absolute Gasteiger partial charge is 0.254 e. The zero-order valence-electron chi connectivity index (χ0n) is 22.1. The summed E-state index contributed by atoms with van der Waals surface area (Å²) >= 11 is 12.2. The van der Waals surface area contributed by atoms with Crippen LogP contribution >= 0.6 is 23.2 Å². The van der Waals surface area contributed by atoms with Crippen molar-refractivity contribution in [1.29, 1.82) is 0 Å². The second kappa shape index (κ2) is 12.1. The van der Waals surface area contributed by atoms with Crippen LogP contribution in [0.2, 0.25) is 10.0 Å². The van der Waals surface area contributed by atoms with Crippen molar-refractivity contribution in [3.8, 4) is 0 Å². The van der Waals surface area contributed by atoms with Crippen LogP contribution in [-0.2, 0) is 14.8 Å². The van der Waals surface area contributed by atoms with Gasteiger partial charge in [0, 0.05) is 30.2 Å². The third kappa shape index (κ3) is 6.41. The van der Waals surface area contributed by atoms with Crippen LogP contribution in [0, 0.1) is 5.82 Å². The Hall–Kier alpha value is -3.18. The molecule has 3 aromatic carbocycles. The van der Waals surface area contributed by atoms with E-state index in [9.17, 15) is 18.0 Å². The molecule has 8 nitrogen and oxygen atoms in total. The summed E-state index contributed by atoms with van der Waals surface area (Å²) in [7, 11) is -2.52. The van der Waals surface area contributed by atoms with Gasteiger partial charge in [-0.15, -0.1) is 0 Å². The molecule has 1 fully saturated rings. The van der Waals surface area contributed by atoms with Crippen molar-refractivity contribution in [2.45, 2.75) is 25.0 Å². The number of nitrogens with one attached hydrogen (secondary N) is 2. The minimum Gasteiger partial charge on any atom is -0.357 e. The van der Waals surface area contributed by atoms with Crippen LogP contribution in [-0.4, -0.2) is 63.6 Å². The first kappa shape index (κ1) is 29.8. The molecule has 1 heterocycles. The molecule has 0 spiro atoms. The van der Waals surface area contributed by atoms with Gasteiger partial charge in [-0.3, -0.25) is 18.8 Å². The van der Waals surface area contributed by atoms with E-state index in [1.165, 1.54) is 32.2 Å². The SMILES string of the molecule is CNC(=O)[C@H](C)NC(=O)c1cccc(N(C2CN(C(c3ccc(Cl)cc3)c3ccc(Cl)cc3)C2)S(C)(=O)=O)c1F. The zero-order valence-corrected chi connectivity index (χ0v) is 24.4. The lowest BCUT2D eigenvalue weighted by atomic mass is 9.93. The lowest BCUT2D eigenvalue weighted by molar-refractivity contribution is -0.122. The number of likely N-dealkylation sites (tertiary alicyclic amines) is 1. The molecule has 0 radical (unpaired) electrons. The maximum absolute atomic E-state index is 15.7. The highest BCUT2D eigenvalue weighted by atomic mass is 35.5. The summed E-state index contributed by atoms with van der Waals surface area (Å²) in [6.07, 6.45) is 1.01. The number of amides is 2. The summed E-state index contributed by atoms with van der Waals surface area (Å²) in [5.41, 5.74) is 1.30. The third-order valence-corrected chi connectivity index (χ3v) is 8.48. The molecule has 0 aromatic heterocycles. The van der Waals surface area contributed by atoms with Crippen molar-refractivity contribution in [2.75, 3.05) is 30.7 Å². The number of hydrogen-bond donors (Lipinski definition) is 2. The Morgan fingerprint density at radius 2 is 1.50 bits per heavy atom. The monoisotopic (exact) mass is 606 g/mol. The average molecular weight is 608 g/mol. The van der Waals surface area contributed by atoms with Gasteiger partial charge in [0.15, 0.2) is 5.82 Å². The van der Waals surface area contributed by atoms with Crippen molar-refractivity contribution in [1.82, 2.24) is 15.5 Å². The van der Waals surface area contributed by atoms with Crippen LogP contribution in [0.25, 0.3) is 0 Å². The average Bonchev–Trinajstić information content (AvgIpc) is 2.88. The molecule has 1 aliphatic rings. The van der Waals surface area contributed by atoms with Crippen LogP contribution in [0.4, 0.5) is 10.1 Å². The van der Waals surface area contributed by atoms with E-state index in [-0.39, 0.29) is 17.3 Å². The maximum atomic E-state index is 15.7. The summed E-state index contributed by atoms with van der Waals surface area (Å²) in [5.74, 6) is -2.27. The van der Waals surface area contributed by atoms with Crippen LogP contribution in [0.1, 0.15) is 34.5 Å². The molecule has 0 aliphatic carbocycles. The van der Waals surface area contributed by atoms with Crippen LogP contribution in [0.15, 0.2) is 66.7 Å². The second-order valence-corrected chi connectivity index (χ2v) is 12.4. The second-order valence-electron chi connectivity index (χ2n) is 9.62. The fourth-order valence-corrected chi connectivity index (χ4v) is 6.24. The van der Waals surface area contributed by atoms with E-state index in [0.717, 1.165) is 21.7 Å². The van der Waals surface area contributed by atoms with Gasteiger partial charge in [0.25, 0.3) is 5.91 Å². The normalized spacial score (nSPS) is 14.9. The van der Waals surface area contributed by atoms with Gasteiger partial charge < -0.3 is 10.6 Å². The van der Waals surface area contributed by atoms with Crippen molar-refractivity contribution >= 4 is 50.7 Å². The van der Waals surface area contributed by atoms with E-state index < -0.39 is 39.7 Å². The fraction of sp³-hybridized carbons (Fsp3) is 0.286. The summed E-state index contributed by atoms with van der Waals surface area (Å²) in [5, 5.41) is 6.02. The van der Waals surface area contributed by atoms with Gasteiger partial charge >= 0.3 is 0 Å². The standard InChI is InChI=1S/C28H29Cl2FN4O4S/c1-17(27(36)32-2)33-28(37)23-5-4-6-24(25(23)31)35(40(3,38)39)22-15-34(16-22)26(18-7-11-20(29)12-8-18)19-9-13-21(30)14-10-19/h4-14,17,22,26H,15-16H2,1-3H3,(H,32,36)(H,33,37)/t17-/m0/s1. The number of carbonyl (C=O) groups excluding carboxylic acids is 2. The predicted molar refractivity (Wildman–Crippen MR) is 155 cm³/mol. The number of nitrogens with zero attached hydrogens (tertiary/aromatic N) is 2. The number of likely N-dealkylation sites (N-methyl/N-ethyl adjacent to an activating group) is 1. The molecule has 4 rings (SSSR count). The van der Waals surface area contributed by atoms with Crippen LogP contribution in [0.5, 0.6) is 0 Å². The van der Waals surface area contributed by atoms with Gasteiger partial charge in [-0.2, -0.15) is 0 Å². The number of carbonyl (C=O) groups is 2. The first-order chi connectivity index (χ1) is 18.9. The molecular formula is C28H29Cl2FN4O4S. The fourth-order valence-electron chi connectivity index (χ4n) is 4.82. The third-order valence-electron chi connectivity index (χ3n) is 6.76. The van der Waals surface area contributed by atoms with Gasteiger partial charge in [0.2, 0.25) is 15.9 Å². The first-order valence-corrected chi connectivity index (χ1v) is 15.1. The summed E-state index contributed by atoms with van der Waals surface area (Å²) in [4.78, 5) is 26.6. The summed E-state index contributed by atoms with van der Waals surface area (Å²) in [6.45, 7) is 2.06. The Morgan fingerprint density at radius 3 is 1.98 bits per heavy atom. The van der Waals surface area contributed by atoms with E-state index in [4.69, 9.17) is 23.2 Å². The number of anilines is 1. The number of halogens is 3. The molecular weight excluding hydrogens is 578 g/mol. The Kier molecular flexibility index (Phi) is 9.04. The highest BCUT2D eigenvalue weighted by Gasteiger charge is 2.42. The van der Waals surface area contributed by atoms with Crippen molar-refractivity contribution in [3.63, 3.8) is 0 Å². The largest absolute Gasteiger partial charge is 0.357 e. The molecule has 2 amide bonds. The van der Waals surface area contributed by atoms with Crippen LogP contribution < -0.4 is 14.9 Å². The molecule has 1 atom stereocenters. The van der Waals surface area contributed by atoms with Gasteiger partial charge in [-0.05, 0) is 54.4 Å². The molecule has 0 saturated carbocycles. The number of rotatable bonds is 9. The topological polar surface area (TPSA) is 98.8 Å². The van der Waals surface area contributed by atoms with E-state index in [1.807, 2.05) is 24.3 Å². The maximum Gasteiger partial charge on any atom is 0.254 e. The minimum atomic E-state index is -3.94. The molecule has 40 heavy (non-hydrogen) atoms. The first-order valence-electron chi connectivity index (χ1n) is 12.5. The van der Waals surface area contributed by atoms with Crippen molar-refractivity contribution in [3.05, 3.63) is 99.3 Å². The van der Waals surface area contributed by atoms with Gasteiger partial charge in [0.1, 0.15) is 6.04 Å². The van der Waals surface area contributed by atoms with E-state index >= 15 is 4.39 Å². The van der Waals surface area contributed by atoms with Gasteiger partial charge in [-0.1, -0.05) is 53.5 Å². The van der Waals surface area contributed by atoms with Crippen molar-refractivity contribution in [2.24, 2.45) is 0 Å². The zero-order chi connectivity index (χ0) is 29.2. The molecule has 1 saturated heterocycles. The van der Waals surface area contributed by atoms with Gasteiger partial charge in [0.05, 0.1) is 29.6 Å². The van der Waals surface area contributed by atoms with Crippen molar-refractivity contribution < 1.29 is 22.4 Å². The predicted octanol–water partition coefficient (Wildman–Crippen LogP) is 4.24. The summed E-state index contributed by atoms with van der Waals surface area (Å²) in [6, 6.07) is 17.0.